The Morgan fingerprint density at radius 2 is 1.87 bits per heavy atom. The summed E-state index contributed by atoms with van der Waals surface area (Å²) in [5, 5.41) is 17.1. The van der Waals surface area contributed by atoms with Crippen LogP contribution in [0.4, 0.5) is 24.5 Å². The fourth-order valence-corrected chi connectivity index (χ4v) is 4.37. The van der Waals surface area contributed by atoms with E-state index < -0.39 is 47.0 Å². The fraction of sp³-hybridized carbons (Fsp3) is 0.269. The zero-order valence-electron chi connectivity index (χ0n) is 20.7. The summed E-state index contributed by atoms with van der Waals surface area (Å²) in [7, 11) is 1.62. The van der Waals surface area contributed by atoms with Crippen molar-refractivity contribution in [3.05, 3.63) is 64.4 Å². The number of piperidine rings is 1. The predicted octanol–water partition coefficient (Wildman–Crippen LogP) is 3.32. The van der Waals surface area contributed by atoms with E-state index in [1.807, 2.05) is 0 Å². The van der Waals surface area contributed by atoms with Crippen LogP contribution in [0.3, 0.4) is 0 Å². The standard InChI is InChI=1S/C26H22F3N5O5/c1-13(18(11-30)23(36)32-15-5-3-14(4-6-15)26(27,28)29)39-16-9-17-19(20(10-16)31-2)12-34(25(17)38)21-7-8-22(35)33-24(21)37/h3-6,9-10,21,31H,7-8,12H2,1-2H3,(H,32,36)(H,33,35,37)/b18-13-. The van der Waals surface area contributed by atoms with Crippen molar-refractivity contribution in [3.63, 3.8) is 0 Å². The van der Waals surface area contributed by atoms with Crippen molar-refractivity contribution >= 4 is 35.0 Å². The molecular weight excluding hydrogens is 519 g/mol. The van der Waals surface area contributed by atoms with Crippen LogP contribution in [0, 0.1) is 11.3 Å². The number of anilines is 2. The highest BCUT2D eigenvalue weighted by atomic mass is 19.4. The molecule has 2 aliphatic heterocycles. The molecule has 1 saturated heterocycles. The van der Waals surface area contributed by atoms with Crippen molar-refractivity contribution in [2.45, 2.75) is 38.5 Å². The second-order valence-electron chi connectivity index (χ2n) is 8.82. The maximum atomic E-state index is 13.2. The number of carbonyl (C=O) groups is 4. The second kappa shape index (κ2) is 10.5. The summed E-state index contributed by atoms with van der Waals surface area (Å²) in [5.41, 5.74) is 0.106. The Kier molecular flexibility index (Phi) is 7.31. The Morgan fingerprint density at radius 3 is 2.46 bits per heavy atom. The first-order valence-corrected chi connectivity index (χ1v) is 11.7. The van der Waals surface area contributed by atoms with E-state index in [4.69, 9.17) is 4.74 Å². The Morgan fingerprint density at radius 1 is 1.18 bits per heavy atom. The third-order valence-corrected chi connectivity index (χ3v) is 6.33. The maximum absolute atomic E-state index is 13.2. The van der Waals surface area contributed by atoms with E-state index in [2.05, 4.69) is 16.0 Å². The van der Waals surface area contributed by atoms with E-state index in [1.165, 1.54) is 17.9 Å². The highest BCUT2D eigenvalue weighted by Crippen LogP contribution is 2.36. The van der Waals surface area contributed by atoms with Gasteiger partial charge in [-0.25, -0.2) is 0 Å². The smallest absolute Gasteiger partial charge is 0.416 e. The molecule has 4 amide bonds. The minimum Gasteiger partial charge on any atom is -0.460 e. The molecule has 0 aromatic heterocycles. The number of carbonyl (C=O) groups excluding carboxylic acids is 4. The lowest BCUT2D eigenvalue weighted by atomic mass is 10.0. The number of allylic oxidation sites excluding steroid dienone is 1. The van der Waals surface area contributed by atoms with Gasteiger partial charge in [-0.05, 0) is 43.7 Å². The first kappa shape index (κ1) is 27.2. The van der Waals surface area contributed by atoms with Crippen LogP contribution in [0.5, 0.6) is 5.75 Å². The molecule has 13 heteroatoms. The van der Waals surface area contributed by atoms with E-state index in [0.717, 1.165) is 24.3 Å². The number of imide groups is 1. The van der Waals surface area contributed by atoms with Crippen LogP contribution in [0.2, 0.25) is 0 Å². The highest BCUT2D eigenvalue weighted by molar-refractivity contribution is 6.07. The van der Waals surface area contributed by atoms with Crippen molar-refractivity contribution in [2.75, 3.05) is 17.7 Å². The van der Waals surface area contributed by atoms with Crippen molar-refractivity contribution in [3.8, 4) is 11.8 Å². The average Bonchev–Trinajstić information content (AvgIpc) is 3.19. The minimum absolute atomic E-state index is 0.0442. The third-order valence-electron chi connectivity index (χ3n) is 6.33. The topological polar surface area (TPSA) is 141 Å². The molecule has 0 saturated carbocycles. The second-order valence-corrected chi connectivity index (χ2v) is 8.82. The number of hydrogen-bond acceptors (Lipinski definition) is 7. The van der Waals surface area contributed by atoms with Crippen molar-refractivity contribution < 1.29 is 37.1 Å². The van der Waals surface area contributed by atoms with Gasteiger partial charge in [0.15, 0.2) is 5.57 Å². The first-order chi connectivity index (χ1) is 18.4. The molecule has 0 spiro atoms. The Balaban J connectivity index is 1.55. The van der Waals surface area contributed by atoms with Gasteiger partial charge in [0, 0.05) is 43.0 Å². The van der Waals surface area contributed by atoms with Crippen LogP contribution in [-0.2, 0) is 27.1 Å². The van der Waals surface area contributed by atoms with Crippen molar-refractivity contribution in [1.82, 2.24) is 10.2 Å². The van der Waals surface area contributed by atoms with Crippen LogP contribution in [-0.4, -0.2) is 41.6 Å². The van der Waals surface area contributed by atoms with Gasteiger partial charge in [-0.3, -0.25) is 24.5 Å². The van der Waals surface area contributed by atoms with Gasteiger partial charge >= 0.3 is 6.18 Å². The highest BCUT2D eigenvalue weighted by Gasteiger charge is 2.40. The van der Waals surface area contributed by atoms with Gasteiger partial charge in [0.1, 0.15) is 23.6 Å². The number of ether oxygens (including phenoxy) is 1. The van der Waals surface area contributed by atoms with Gasteiger partial charge in [-0.1, -0.05) is 0 Å². The number of amides is 4. The summed E-state index contributed by atoms with van der Waals surface area (Å²) in [4.78, 5) is 51.1. The maximum Gasteiger partial charge on any atom is 0.416 e. The molecule has 1 unspecified atom stereocenters. The van der Waals surface area contributed by atoms with Crippen molar-refractivity contribution in [2.24, 2.45) is 0 Å². The molecule has 3 N–H and O–H groups in total. The largest absolute Gasteiger partial charge is 0.460 e. The van der Waals surface area contributed by atoms with E-state index in [0.29, 0.717) is 11.3 Å². The lowest BCUT2D eigenvalue weighted by Crippen LogP contribution is -2.52. The summed E-state index contributed by atoms with van der Waals surface area (Å²) in [6.07, 6.45) is -4.23. The molecule has 1 atom stereocenters. The summed E-state index contributed by atoms with van der Waals surface area (Å²) in [5.74, 6) is -2.27. The normalized spacial score (nSPS) is 17.6. The average molecular weight is 541 g/mol. The molecule has 2 aromatic rings. The number of fused-ring (bicyclic) bond motifs is 1. The van der Waals surface area contributed by atoms with Gasteiger partial charge in [0.2, 0.25) is 11.8 Å². The molecule has 10 nitrogen and oxygen atoms in total. The van der Waals surface area contributed by atoms with Gasteiger partial charge in [0.25, 0.3) is 11.8 Å². The van der Waals surface area contributed by atoms with Gasteiger partial charge in [-0.2, -0.15) is 18.4 Å². The molecule has 2 aliphatic rings. The number of hydrogen-bond donors (Lipinski definition) is 3. The minimum atomic E-state index is -4.53. The zero-order valence-corrected chi connectivity index (χ0v) is 20.7. The zero-order chi connectivity index (χ0) is 28.5. The predicted molar refractivity (Wildman–Crippen MR) is 131 cm³/mol. The Bertz CT molecular complexity index is 1440. The number of alkyl halides is 3. The molecule has 0 bridgehead atoms. The number of nitrogens with zero attached hydrogens (tertiary/aromatic N) is 2. The molecule has 39 heavy (non-hydrogen) atoms. The molecule has 1 fully saturated rings. The number of nitriles is 1. The summed E-state index contributed by atoms with van der Waals surface area (Å²) >= 11 is 0. The van der Waals surface area contributed by atoms with Crippen LogP contribution in [0.15, 0.2) is 47.7 Å². The van der Waals surface area contributed by atoms with Gasteiger partial charge in [0.05, 0.1) is 11.1 Å². The molecule has 2 aromatic carbocycles. The monoisotopic (exact) mass is 541 g/mol. The molecule has 0 radical (unpaired) electrons. The number of halogens is 3. The van der Waals surface area contributed by atoms with E-state index >= 15 is 0 Å². The van der Waals surface area contributed by atoms with E-state index in [-0.39, 0.29) is 42.1 Å². The molecule has 0 aliphatic carbocycles. The number of nitrogens with one attached hydrogen (secondary N) is 3. The quantitative estimate of drug-likeness (QED) is 0.221. The third kappa shape index (κ3) is 5.54. The van der Waals surface area contributed by atoms with E-state index in [1.54, 1.807) is 19.2 Å². The molecule has 202 valence electrons. The van der Waals surface area contributed by atoms with Crippen LogP contribution >= 0.6 is 0 Å². The lowest BCUT2D eigenvalue weighted by Gasteiger charge is -2.29. The lowest BCUT2D eigenvalue weighted by molar-refractivity contribution is -0.138. The fourth-order valence-electron chi connectivity index (χ4n) is 4.37. The molecule has 2 heterocycles. The van der Waals surface area contributed by atoms with Gasteiger partial charge < -0.3 is 20.3 Å². The summed E-state index contributed by atoms with van der Waals surface area (Å²) in [6, 6.07) is 7.63. The Hall–Kier alpha value is -4.86. The Labute approximate surface area is 220 Å². The molecular formula is C26H22F3N5O5. The van der Waals surface area contributed by atoms with Crippen LogP contribution < -0.4 is 20.7 Å². The molecule has 4 rings (SSSR count). The number of rotatable bonds is 6. The van der Waals surface area contributed by atoms with Crippen LogP contribution in [0.25, 0.3) is 0 Å². The SMILES string of the molecule is CNc1cc(O/C(C)=C(/C#N)C(=O)Nc2ccc(C(F)(F)F)cc2)cc2c1CN(C1CCC(=O)NC1=O)C2=O. The van der Waals surface area contributed by atoms with Crippen molar-refractivity contribution in [1.29, 1.82) is 5.26 Å². The number of benzene rings is 2. The first-order valence-electron chi connectivity index (χ1n) is 11.7. The summed E-state index contributed by atoms with van der Waals surface area (Å²) < 4.78 is 44.1. The summed E-state index contributed by atoms with van der Waals surface area (Å²) in [6.45, 7) is 1.49. The van der Waals surface area contributed by atoms with Crippen LogP contribution in [0.1, 0.15) is 41.3 Å². The van der Waals surface area contributed by atoms with Gasteiger partial charge in [-0.15, -0.1) is 0 Å². The van der Waals surface area contributed by atoms with E-state index in [9.17, 15) is 37.6 Å².